The van der Waals surface area contributed by atoms with Crippen molar-refractivity contribution in [2.24, 2.45) is 7.05 Å². The highest BCUT2D eigenvalue weighted by Crippen LogP contribution is 2.25. The Balaban J connectivity index is 1.65. The van der Waals surface area contributed by atoms with Crippen LogP contribution in [-0.2, 0) is 7.05 Å². The molecule has 1 N–H and O–H groups in total. The fourth-order valence-electron chi connectivity index (χ4n) is 3.31. The number of carbonyl (C=O) groups excluding carboxylic acids is 1. The molecule has 0 radical (unpaired) electrons. The zero-order valence-electron chi connectivity index (χ0n) is 16.9. The van der Waals surface area contributed by atoms with E-state index in [1.807, 2.05) is 61.1 Å². The average Bonchev–Trinajstić information content (AvgIpc) is 3.44. The molecule has 9 nitrogen and oxygen atoms in total. The number of amides is 1. The highest BCUT2D eigenvalue weighted by atomic mass is 16.5. The SMILES string of the molecule is COc1cccc(C(NC(=O)c2ccc(-n3cnnn3)c(C)c2)c2nccn2C)c1. The molecule has 1 amide bonds. The number of hydrogen-bond acceptors (Lipinski definition) is 6. The molecular formula is C21H21N7O2. The number of nitrogens with zero attached hydrogens (tertiary/aromatic N) is 6. The molecule has 0 bridgehead atoms. The molecule has 4 rings (SSSR count). The van der Waals surface area contributed by atoms with E-state index in [9.17, 15) is 4.79 Å². The Kier molecular flexibility index (Phi) is 5.25. The number of aryl methyl sites for hydroxylation is 2. The van der Waals surface area contributed by atoms with Crippen molar-refractivity contribution in [1.29, 1.82) is 0 Å². The number of ether oxygens (including phenoxy) is 1. The maximum atomic E-state index is 13.1. The largest absolute Gasteiger partial charge is 0.497 e. The Morgan fingerprint density at radius 2 is 2.07 bits per heavy atom. The Morgan fingerprint density at radius 1 is 1.20 bits per heavy atom. The third kappa shape index (κ3) is 3.77. The van der Waals surface area contributed by atoms with E-state index in [-0.39, 0.29) is 5.91 Å². The molecule has 1 atom stereocenters. The van der Waals surface area contributed by atoms with Crippen LogP contribution in [0.15, 0.2) is 61.2 Å². The summed E-state index contributed by atoms with van der Waals surface area (Å²) in [7, 11) is 3.51. The van der Waals surface area contributed by atoms with Crippen molar-refractivity contribution >= 4 is 5.91 Å². The molecule has 9 heteroatoms. The number of methoxy groups -OCH3 is 1. The Bertz CT molecular complexity index is 1170. The molecular weight excluding hydrogens is 382 g/mol. The van der Waals surface area contributed by atoms with Gasteiger partial charge >= 0.3 is 0 Å². The van der Waals surface area contributed by atoms with Crippen LogP contribution in [0.2, 0.25) is 0 Å². The van der Waals surface area contributed by atoms with Crippen LogP contribution in [0.3, 0.4) is 0 Å². The van der Waals surface area contributed by atoms with Gasteiger partial charge in [-0.3, -0.25) is 4.79 Å². The molecule has 0 aliphatic rings. The maximum Gasteiger partial charge on any atom is 0.252 e. The second-order valence-corrected chi connectivity index (χ2v) is 6.84. The summed E-state index contributed by atoms with van der Waals surface area (Å²) in [5.74, 6) is 1.22. The van der Waals surface area contributed by atoms with Gasteiger partial charge in [-0.05, 0) is 58.8 Å². The van der Waals surface area contributed by atoms with Gasteiger partial charge in [-0.25, -0.2) is 9.67 Å². The van der Waals surface area contributed by atoms with Gasteiger partial charge in [0.15, 0.2) is 0 Å². The Labute approximate surface area is 173 Å². The summed E-state index contributed by atoms with van der Waals surface area (Å²) in [6.45, 7) is 1.91. The van der Waals surface area contributed by atoms with Gasteiger partial charge < -0.3 is 14.6 Å². The van der Waals surface area contributed by atoms with Crippen molar-refractivity contribution in [3.63, 3.8) is 0 Å². The molecule has 0 fully saturated rings. The molecule has 2 heterocycles. The number of hydrogen-bond donors (Lipinski definition) is 1. The first-order valence-electron chi connectivity index (χ1n) is 9.33. The first kappa shape index (κ1) is 19.3. The number of aromatic nitrogens is 6. The van der Waals surface area contributed by atoms with E-state index in [0.29, 0.717) is 11.3 Å². The molecule has 152 valence electrons. The van der Waals surface area contributed by atoms with Crippen molar-refractivity contribution in [1.82, 2.24) is 35.1 Å². The van der Waals surface area contributed by atoms with Crippen LogP contribution in [0.1, 0.15) is 33.4 Å². The lowest BCUT2D eigenvalue weighted by molar-refractivity contribution is 0.0941. The van der Waals surface area contributed by atoms with Gasteiger partial charge in [-0.15, -0.1) is 5.10 Å². The summed E-state index contributed by atoms with van der Waals surface area (Å²) < 4.78 is 8.79. The molecule has 2 aromatic heterocycles. The number of carbonyl (C=O) groups is 1. The van der Waals surface area contributed by atoms with Crippen molar-refractivity contribution in [3.05, 3.63) is 83.7 Å². The van der Waals surface area contributed by atoms with Crippen LogP contribution in [0.25, 0.3) is 5.69 Å². The van der Waals surface area contributed by atoms with Crippen LogP contribution >= 0.6 is 0 Å². The van der Waals surface area contributed by atoms with Crippen LogP contribution in [-0.4, -0.2) is 42.8 Å². The number of rotatable bonds is 6. The Hall–Kier alpha value is -4.01. The highest BCUT2D eigenvalue weighted by Gasteiger charge is 2.22. The van der Waals surface area contributed by atoms with E-state index in [4.69, 9.17) is 4.74 Å². The van der Waals surface area contributed by atoms with E-state index >= 15 is 0 Å². The minimum absolute atomic E-state index is 0.211. The minimum atomic E-state index is -0.438. The van der Waals surface area contributed by atoms with E-state index in [2.05, 4.69) is 25.8 Å². The lowest BCUT2D eigenvalue weighted by Gasteiger charge is -2.20. The second kappa shape index (κ2) is 8.16. The van der Waals surface area contributed by atoms with Gasteiger partial charge in [0, 0.05) is 25.0 Å². The van der Waals surface area contributed by atoms with Gasteiger partial charge in [0.25, 0.3) is 5.91 Å². The van der Waals surface area contributed by atoms with Crippen molar-refractivity contribution in [3.8, 4) is 11.4 Å². The van der Waals surface area contributed by atoms with Gasteiger partial charge in [-0.1, -0.05) is 12.1 Å². The zero-order valence-corrected chi connectivity index (χ0v) is 16.9. The van der Waals surface area contributed by atoms with Gasteiger partial charge in [0.2, 0.25) is 0 Å². The van der Waals surface area contributed by atoms with Crippen LogP contribution < -0.4 is 10.1 Å². The molecule has 0 saturated heterocycles. The average molecular weight is 403 g/mol. The van der Waals surface area contributed by atoms with Crippen molar-refractivity contribution in [2.45, 2.75) is 13.0 Å². The smallest absolute Gasteiger partial charge is 0.252 e. The number of nitrogens with one attached hydrogen (secondary N) is 1. The molecule has 0 aliphatic heterocycles. The molecule has 4 aromatic rings. The van der Waals surface area contributed by atoms with E-state index in [1.165, 1.54) is 6.33 Å². The van der Waals surface area contributed by atoms with E-state index in [1.54, 1.807) is 24.1 Å². The predicted octanol–water partition coefficient (Wildman–Crippen LogP) is 2.23. The zero-order chi connectivity index (χ0) is 21.1. The summed E-state index contributed by atoms with van der Waals surface area (Å²) in [6.07, 6.45) is 5.07. The summed E-state index contributed by atoms with van der Waals surface area (Å²) in [5.41, 5.74) is 3.10. The fraction of sp³-hybridized carbons (Fsp3) is 0.190. The lowest BCUT2D eigenvalue weighted by atomic mass is 10.0. The van der Waals surface area contributed by atoms with Gasteiger partial charge in [0.05, 0.1) is 12.8 Å². The van der Waals surface area contributed by atoms with Crippen molar-refractivity contribution < 1.29 is 9.53 Å². The summed E-state index contributed by atoms with van der Waals surface area (Å²) in [6, 6.07) is 12.5. The second-order valence-electron chi connectivity index (χ2n) is 6.84. The number of tetrazole rings is 1. The normalized spacial score (nSPS) is 11.8. The van der Waals surface area contributed by atoms with Gasteiger partial charge in [-0.2, -0.15) is 0 Å². The van der Waals surface area contributed by atoms with E-state index < -0.39 is 6.04 Å². The molecule has 1 unspecified atom stereocenters. The molecule has 30 heavy (non-hydrogen) atoms. The van der Waals surface area contributed by atoms with Crippen LogP contribution in [0.4, 0.5) is 0 Å². The lowest BCUT2D eigenvalue weighted by Crippen LogP contribution is -2.31. The summed E-state index contributed by atoms with van der Waals surface area (Å²) in [4.78, 5) is 17.6. The quantitative estimate of drug-likeness (QED) is 0.530. The first-order chi connectivity index (χ1) is 14.6. The Morgan fingerprint density at radius 3 is 2.73 bits per heavy atom. The topological polar surface area (TPSA) is 99.8 Å². The fourth-order valence-corrected chi connectivity index (χ4v) is 3.31. The monoisotopic (exact) mass is 403 g/mol. The number of imidazole rings is 1. The van der Waals surface area contributed by atoms with Crippen molar-refractivity contribution in [2.75, 3.05) is 7.11 Å². The molecule has 2 aromatic carbocycles. The molecule has 0 spiro atoms. The van der Waals surface area contributed by atoms with E-state index in [0.717, 1.165) is 22.6 Å². The summed E-state index contributed by atoms with van der Waals surface area (Å²) >= 11 is 0. The highest BCUT2D eigenvalue weighted by molar-refractivity contribution is 5.95. The third-order valence-corrected chi connectivity index (χ3v) is 4.87. The van der Waals surface area contributed by atoms with Gasteiger partial charge in [0.1, 0.15) is 23.9 Å². The number of benzene rings is 2. The predicted molar refractivity (Wildman–Crippen MR) is 109 cm³/mol. The van der Waals surface area contributed by atoms with Crippen LogP contribution in [0.5, 0.6) is 5.75 Å². The van der Waals surface area contributed by atoms with Crippen LogP contribution in [0, 0.1) is 6.92 Å². The molecule has 0 aliphatic carbocycles. The third-order valence-electron chi connectivity index (χ3n) is 4.87. The maximum absolute atomic E-state index is 13.1. The standard InChI is InChI=1S/C21H21N7O2/c1-14-11-16(7-8-18(14)28-13-23-25-26-28)21(29)24-19(20-22-9-10-27(20)2)15-5-4-6-17(12-15)30-3/h4-13,19H,1-3H3,(H,24,29). The first-order valence-corrected chi connectivity index (χ1v) is 9.33. The molecule has 0 saturated carbocycles. The minimum Gasteiger partial charge on any atom is -0.497 e. The summed E-state index contributed by atoms with van der Waals surface area (Å²) in [5, 5.41) is 14.3.